The zero-order chi connectivity index (χ0) is 14.5. The second-order valence-electron chi connectivity index (χ2n) is 3.82. The van der Waals surface area contributed by atoms with Gasteiger partial charge < -0.3 is 14.9 Å². The van der Waals surface area contributed by atoms with Gasteiger partial charge in [-0.1, -0.05) is 5.16 Å². The van der Waals surface area contributed by atoms with Crippen LogP contribution in [0.3, 0.4) is 0 Å². The van der Waals surface area contributed by atoms with Gasteiger partial charge in [0.25, 0.3) is 5.91 Å². The molecule has 2 rings (SSSR count). The number of aryl methyl sites for hydroxylation is 1. The van der Waals surface area contributed by atoms with Crippen LogP contribution in [0.5, 0.6) is 0 Å². The molecular weight excluding hydrogens is 282 g/mol. The number of hydrogen-bond acceptors (Lipinski definition) is 6. The number of carboxylic acid groups (broad SMARTS) is 1. The average Bonchev–Trinajstić information content (AvgIpc) is 3.02. The summed E-state index contributed by atoms with van der Waals surface area (Å²) in [7, 11) is 0. The Labute approximate surface area is 117 Å². The van der Waals surface area contributed by atoms with Gasteiger partial charge in [-0.2, -0.15) is 4.98 Å². The maximum absolute atomic E-state index is 11.8. The van der Waals surface area contributed by atoms with Gasteiger partial charge in [-0.25, -0.2) is 4.79 Å². The fourth-order valence-corrected chi connectivity index (χ4v) is 2.17. The highest BCUT2D eigenvalue weighted by Crippen LogP contribution is 2.16. The van der Waals surface area contributed by atoms with E-state index in [1.54, 1.807) is 18.4 Å². The normalized spacial score (nSPS) is 10.8. The first-order chi connectivity index (χ1) is 9.54. The van der Waals surface area contributed by atoms with E-state index in [4.69, 9.17) is 9.63 Å². The summed E-state index contributed by atoms with van der Waals surface area (Å²) >= 11 is 1.28. The van der Waals surface area contributed by atoms with Crippen molar-refractivity contribution >= 4 is 29.3 Å². The first-order valence-corrected chi connectivity index (χ1v) is 6.49. The number of carbonyl (C=O) groups is 2. The number of nitrogens with one attached hydrogen (secondary N) is 1. The maximum Gasteiger partial charge on any atom is 0.328 e. The van der Waals surface area contributed by atoms with E-state index in [2.05, 4.69) is 15.5 Å². The van der Waals surface area contributed by atoms with Gasteiger partial charge in [0.15, 0.2) is 5.82 Å². The number of rotatable bonds is 5. The lowest BCUT2D eigenvalue weighted by molar-refractivity contribution is -0.131. The lowest BCUT2D eigenvalue weighted by Crippen LogP contribution is -2.22. The molecule has 0 saturated carbocycles. The molecule has 8 heteroatoms. The number of amides is 1. The molecule has 0 bridgehead atoms. The highest BCUT2D eigenvalue weighted by atomic mass is 32.1. The van der Waals surface area contributed by atoms with Gasteiger partial charge >= 0.3 is 5.97 Å². The topological polar surface area (TPSA) is 105 Å². The molecular formula is C12H11N3O4S. The van der Waals surface area contributed by atoms with Gasteiger partial charge in [-0.3, -0.25) is 4.79 Å². The molecule has 2 aromatic rings. The van der Waals surface area contributed by atoms with Crippen LogP contribution >= 0.6 is 11.3 Å². The molecule has 0 fully saturated rings. The van der Waals surface area contributed by atoms with E-state index in [1.807, 2.05) is 0 Å². The van der Waals surface area contributed by atoms with Crippen molar-refractivity contribution in [3.8, 4) is 0 Å². The minimum Gasteiger partial charge on any atom is -0.478 e. The van der Waals surface area contributed by atoms with Gasteiger partial charge in [0.1, 0.15) is 0 Å². The molecule has 104 valence electrons. The minimum absolute atomic E-state index is 0.173. The third kappa shape index (κ3) is 3.75. The standard InChI is InChI=1S/C12H11N3O4S/c1-7-14-10(15-19-7)5-13-12(18)8-4-9(20-6-8)2-3-11(16)17/h2-4,6H,5H2,1H3,(H,13,18)(H,16,17)/b3-2+. The fourth-order valence-electron chi connectivity index (χ4n) is 1.39. The fraction of sp³-hybridized carbons (Fsp3) is 0.167. The molecule has 0 aliphatic rings. The predicted molar refractivity (Wildman–Crippen MR) is 71.2 cm³/mol. The Balaban J connectivity index is 1.94. The number of carboxylic acids is 1. The van der Waals surface area contributed by atoms with Gasteiger partial charge in [-0.05, 0) is 12.1 Å². The summed E-state index contributed by atoms with van der Waals surface area (Å²) in [6.45, 7) is 1.84. The smallest absolute Gasteiger partial charge is 0.328 e. The second kappa shape index (κ2) is 6.11. The van der Waals surface area contributed by atoms with Crippen LogP contribution in [0.15, 0.2) is 22.0 Å². The summed E-state index contributed by atoms with van der Waals surface area (Å²) in [5, 5.41) is 16.5. The van der Waals surface area contributed by atoms with Crippen molar-refractivity contribution < 1.29 is 19.2 Å². The molecule has 0 aromatic carbocycles. The van der Waals surface area contributed by atoms with Crippen molar-refractivity contribution in [1.29, 1.82) is 0 Å². The monoisotopic (exact) mass is 293 g/mol. The van der Waals surface area contributed by atoms with Crippen LogP contribution in [0, 0.1) is 6.92 Å². The van der Waals surface area contributed by atoms with Crippen molar-refractivity contribution in [3.63, 3.8) is 0 Å². The Morgan fingerprint density at radius 1 is 1.55 bits per heavy atom. The predicted octanol–water partition coefficient (Wildman–Crippen LogP) is 1.47. The third-order valence-corrected chi connectivity index (χ3v) is 3.15. The van der Waals surface area contributed by atoms with E-state index in [-0.39, 0.29) is 12.5 Å². The van der Waals surface area contributed by atoms with Crippen LogP contribution < -0.4 is 5.32 Å². The molecule has 0 spiro atoms. The van der Waals surface area contributed by atoms with E-state index in [9.17, 15) is 9.59 Å². The summed E-state index contributed by atoms with van der Waals surface area (Å²) in [6.07, 6.45) is 2.46. The molecule has 0 aliphatic carbocycles. The number of hydrogen-bond donors (Lipinski definition) is 2. The van der Waals surface area contributed by atoms with Crippen LogP contribution in [-0.2, 0) is 11.3 Å². The molecule has 2 aromatic heterocycles. The molecule has 0 radical (unpaired) electrons. The van der Waals surface area contributed by atoms with Crippen LogP contribution in [0.25, 0.3) is 6.08 Å². The van der Waals surface area contributed by atoms with E-state index >= 15 is 0 Å². The highest BCUT2D eigenvalue weighted by molar-refractivity contribution is 7.11. The quantitative estimate of drug-likeness (QED) is 0.809. The number of carbonyl (C=O) groups excluding carboxylic acids is 1. The van der Waals surface area contributed by atoms with Gasteiger partial charge in [0.05, 0.1) is 12.1 Å². The molecule has 20 heavy (non-hydrogen) atoms. The van der Waals surface area contributed by atoms with Crippen LogP contribution in [0.4, 0.5) is 0 Å². The Morgan fingerprint density at radius 3 is 3.00 bits per heavy atom. The highest BCUT2D eigenvalue weighted by Gasteiger charge is 2.09. The largest absolute Gasteiger partial charge is 0.478 e. The molecule has 2 heterocycles. The zero-order valence-corrected chi connectivity index (χ0v) is 11.3. The van der Waals surface area contributed by atoms with E-state index < -0.39 is 5.97 Å². The number of aromatic nitrogens is 2. The molecule has 1 amide bonds. The summed E-state index contributed by atoms with van der Waals surface area (Å²) in [5.74, 6) is -0.474. The Bertz CT molecular complexity index is 659. The first kappa shape index (κ1) is 13.9. The molecule has 0 unspecified atom stereocenters. The van der Waals surface area contributed by atoms with E-state index in [0.29, 0.717) is 22.2 Å². The number of aliphatic carboxylic acids is 1. The average molecular weight is 293 g/mol. The van der Waals surface area contributed by atoms with E-state index in [1.165, 1.54) is 17.4 Å². The zero-order valence-electron chi connectivity index (χ0n) is 10.5. The Kier molecular flexibility index (Phi) is 4.26. The molecule has 0 aliphatic heterocycles. The van der Waals surface area contributed by atoms with E-state index in [0.717, 1.165) is 6.08 Å². The van der Waals surface area contributed by atoms with Gasteiger partial charge in [0.2, 0.25) is 5.89 Å². The molecule has 2 N–H and O–H groups in total. The second-order valence-corrected chi connectivity index (χ2v) is 4.76. The summed E-state index contributed by atoms with van der Waals surface area (Å²) in [5.41, 5.74) is 0.459. The number of thiophene rings is 1. The van der Waals surface area contributed by atoms with Crippen LogP contribution in [-0.4, -0.2) is 27.1 Å². The Morgan fingerprint density at radius 2 is 2.35 bits per heavy atom. The van der Waals surface area contributed by atoms with Crippen molar-refractivity contribution in [2.45, 2.75) is 13.5 Å². The molecule has 7 nitrogen and oxygen atoms in total. The third-order valence-electron chi connectivity index (χ3n) is 2.25. The summed E-state index contributed by atoms with van der Waals surface area (Å²) in [4.78, 5) is 26.9. The van der Waals surface area contributed by atoms with Gasteiger partial charge in [-0.15, -0.1) is 11.3 Å². The van der Waals surface area contributed by atoms with Crippen LogP contribution in [0.1, 0.15) is 27.0 Å². The Hall–Kier alpha value is -2.48. The van der Waals surface area contributed by atoms with Crippen molar-refractivity contribution in [3.05, 3.63) is 39.7 Å². The SMILES string of the molecule is Cc1nc(CNC(=O)c2csc(/C=C/C(=O)O)c2)no1. The molecule has 0 atom stereocenters. The van der Waals surface area contributed by atoms with Crippen molar-refractivity contribution in [2.75, 3.05) is 0 Å². The van der Waals surface area contributed by atoms with Crippen LogP contribution in [0.2, 0.25) is 0 Å². The minimum atomic E-state index is -1.03. The lowest BCUT2D eigenvalue weighted by atomic mass is 10.3. The lowest BCUT2D eigenvalue weighted by Gasteiger charge is -1.98. The van der Waals surface area contributed by atoms with Gasteiger partial charge in [0, 0.05) is 23.3 Å². The molecule has 0 saturated heterocycles. The van der Waals surface area contributed by atoms with Crippen molar-refractivity contribution in [2.24, 2.45) is 0 Å². The first-order valence-electron chi connectivity index (χ1n) is 5.61. The summed E-state index contributed by atoms with van der Waals surface area (Å²) < 4.78 is 4.79. The summed E-state index contributed by atoms with van der Waals surface area (Å²) in [6, 6.07) is 1.61. The maximum atomic E-state index is 11.8. The van der Waals surface area contributed by atoms with Crippen molar-refractivity contribution in [1.82, 2.24) is 15.5 Å². The number of nitrogens with zero attached hydrogens (tertiary/aromatic N) is 2.